The Hall–Kier alpha value is -1.75. The molecule has 0 aliphatic heterocycles. The number of nitrogens with one attached hydrogen (secondary N) is 1. The van der Waals surface area contributed by atoms with Crippen molar-refractivity contribution in [2.24, 2.45) is 0 Å². The minimum atomic E-state index is -0.0923. The molecule has 0 fully saturated rings. The molecule has 2 rings (SSSR count). The van der Waals surface area contributed by atoms with E-state index >= 15 is 0 Å². The van der Waals surface area contributed by atoms with Crippen LogP contribution < -0.4 is 10.1 Å². The summed E-state index contributed by atoms with van der Waals surface area (Å²) < 4.78 is 11.2. The molecular weight excluding hydrogens is 334 g/mol. The molecule has 0 aliphatic rings. The Bertz CT molecular complexity index is 596. The van der Waals surface area contributed by atoms with Crippen molar-refractivity contribution in [2.75, 3.05) is 7.11 Å². The van der Waals surface area contributed by atoms with Crippen molar-refractivity contribution >= 4 is 21.8 Å². The van der Waals surface area contributed by atoms with Gasteiger partial charge in [0, 0.05) is 18.0 Å². The molecule has 1 unspecified atom stereocenters. The Morgan fingerprint density at radius 2 is 2.24 bits per heavy atom. The van der Waals surface area contributed by atoms with Gasteiger partial charge in [-0.1, -0.05) is 0 Å². The van der Waals surface area contributed by atoms with E-state index < -0.39 is 0 Å². The molecule has 1 amide bonds. The van der Waals surface area contributed by atoms with Crippen LogP contribution in [0.2, 0.25) is 0 Å². The molecule has 0 bridgehead atoms. The molecule has 1 aromatic heterocycles. The van der Waals surface area contributed by atoms with Crippen LogP contribution >= 0.6 is 15.9 Å². The molecular formula is C16H18BrNO3. The number of aryl methyl sites for hydroxylation is 1. The van der Waals surface area contributed by atoms with E-state index in [4.69, 9.17) is 9.15 Å². The third-order valence-corrected chi connectivity index (χ3v) is 3.82. The van der Waals surface area contributed by atoms with E-state index in [0.717, 1.165) is 23.1 Å². The predicted octanol–water partition coefficient (Wildman–Crippen LogP) is 3.80. The number of carbonyl (C=O) groups is 1. The Balaban J connectivity index is 1.89. The standard InChI is InChI=1S/C16H18BrNO3/c1-11(5-7-13-4-3-9-21-13)18-16(19)12-6-8-15(20-2)14(17)10-12/h3-4,6,8-11H,5,7H2,1-2H3,(H,18,19). The Labute approximate surface area is 132 Å². The van der Waals surface area contributed by atoms with Crippen molar-refractivity contribution < 1.29 is 13.9 Å². The minimum absolute atomic E-state index is 0.0727. The van der Waals surface area contributed by atoms with Crippen molar-refractivity contribution in [3.8, 4) is 5.75 Å². The zero-order valence-corrected chi connectivity index (χ0v) is 13.6. The normalized spacial score (nSPS) is 12.0. The summed E-state index contributed by atoms with van der Waals surface area (Å²) in [4.78, 5) is 12.2. The zero-order chi connectivity index (χ0) is 15.2. The van der Waals surface area contributed by atoms with Crippen LogP contribution in [0.4, 0.5) is 0 Å². The number of methoxy groups -OCH3 is 1. The molecule has 2 aromatic rings. The maximum absolute atomic E-state index is 12.2. The summed E-state index contributed by atoms with van der Waals surface area (Å²) in [6.45, 7) is 1.99. The minimum Gasteiger partial charge on any atom is -0.496 e. The molecule has 1 atom stereocenters. The quantitative estimate of drug-likeness (QED) is 0.860. The van der Waals surface area contributed by atoms with E-state index in [0.29, 0.717) is 11.3 Å². The summed E-state index contributed by atoms with van der Waals surface area (Å²) in [5.41, 5.74) is 0.604. The first-order chi connectivity index (χ1) is 10.1. The molecule has 1 N–H and O–H groups in total. The molecule has 5 heteroatoms. The Morgan fingerprint density at radius 1 is 1.43 bits per heavy atom. The van der Waals surface area contributed by atoms with Gasteiger partial charge in [0.25, 0.3) is 5.91 Å². The van der Waals surface area contributed by atoms with E-state index in [1.54, 1.807) is 31.6 Å². The predicted molar refractivity (Wildman–Crippen MR) is 84.7 cm³/mol. The third kappa shape index (κ3) is 4.36. The van der Waals surface area contributed by atoms with Gasteiger partial charge in [0.05, 0.1) is 17.8 Å². The maximum Gasteiger partial charge on any atom is 0.251 e. The SMILES string of the molecule is COc1ccc(C(=O)NC(C)CCc2ccco2)cc1Br. The van der Waals surface area contributed by atoms with Crippen LogP contribution in [-0.2, 0) is 6.42 Å². The Morgan fingerprint density at radius 3 is 2.86 bits per heavy atom. The molecule has 0 saturated heterocycles. The monoisotopic (exact) mass is 351 g/mol. The number of rotatable bonds is 6. The van der Waals surface area contributed by atoms with Crippen molar-refractivity contribution in [3.63, 3.8) is 0 Å². The van der Waals surface area contributed by atoms with Gasteiger partial charge in [-0.3, -0.25) is 4.79 Å². The summed E-state index contributed by atoms with van der Waals surface area (Å²) in [6, 6.07) is 9.16. The van der Waals surface area contributed by atoms with Crippen LogP contribution in [0.5, 0.6) is 5.75 Å². The van der Waals surface area contributed by atoms with Crippen molar-refractivity contribution in [3.05, 3.63) is 52.4 Å². The van der Waals surface area contributed by atoms with Crippen LogP contribution in [0.1, 0.15) is 29.5 Å². The average Bonchev–Trinajstić information content (AvgIpc) is 2.98. The van der Waals surface area contributed by atoms with Crippen molar-refractivity contribution in [1.82, 2.24) is 5.32 Å². The van der Waals surface area contributed by atoms with Crippen molar-refractivity contribution in [2.45, 2.75) is 25.8 Å². The molecule has 0 aliphatic carbocycles. The number of furan rings is 1. The fourth-order valence-electron chi connectivity index (χ4n) is 2.00. The van der Waals surface area contributed by atoms with Gasteiger partial charge in [-0.2, -0.15) is 0 Å². The van der Waals surface area contributed by atoms with Gasteiger partial charge in [0.2, 0.25) is 0 Å². The van der Waals surface area contributed by atoms with Gasteiger partial charge in [0.1, 0.15) is 11.5 Å². The number of carbonyl (C=O) groups excluding carboxylic acids is 1. The summed E-state index contributed by atoms with van der Waals surface area (Å²) in [5, 5.41) is 2.98. The summed E-state index contributed by atoms with van der Waals surface area (Å²) in [5.74, 6) is 1.55. The summed E-state index contributed by atoms with van der Waals surface area (Å²) in [7, 11) is 1.59. The second kappa shape index (κ2) is 7.31. The molecule has 1 heterocycles. The number of hydrogen-bond donors (Lipinski definition) is 1. The summed E-state index contributed by atoms with van der Waals surface area (Å²) in [6.07, 6.45) is 3.30. The highest BCUT2D eigenvalue weighted by molar-refractivity contribution is 9.10. The van der Waals surface area contributed by atoms with Crippen LogP contribution in [0.25, 0.3) is 0 Å². The first kappa shape index (κ1) is 15.6. The lowest BCUT2D eigenvalue weighted by atomic mass is 10.1. The van der Waals surface area contributed by atoms with Crippen LogP contribution in [0.3, 0.4) is 0 Å². The van der Waals surface area contributed by atoms with Gasteiger partial charge in [-0.15, -0.1) is 0 Å². The number of benzene rings is 1. The average molecular weight is 352 g/mol. The summed E-state index contributed by atoms with van der Waals surface area (Å²) >= 11 is 3.38. The highest BCUT2D eigenvalue weighted by Crippen LogP contribution is 2.25. The van der Waals surface area contributed by atoms with Crippen molar-refractivity contribution in [1.29, 1.82) is 0 Å². The van der Waals surface area contributed by atoms with Gasteiger partial charge in [-0.25, -0.2) is 0 Å². The van der Waals surface area contributed by atoms with Crippen LogP contribution in [0, 0.1) is 0 Å². The van der Waals surface area contributed by atoms with E-state index in [1.807, 2.05) is 19.1 Å². The van der Waals surface area contributed by atoms with Gasteiger partial charge in [0.15, 0.2) is 0 Å². The molecule has 1 aromatic carbocycles. The smallest absolute Gasteiger partial charge is 0.251 e. The number of amides is 1. The van der Waals surface area contributed by atoms with E-state index in [9.17, 15) is 4.79 Å². The largest absolute Gasteiger partial charge is 0.496 e. The second-order valence-corrected chi connectivity index (χ2v) is 5.70. The number of hydrogen-bond acceptors (Lipinski definition) is 3. The van der Waals surface area contributed by atoms with E-state index in [2.05, 4.69) is 21.2 Å². The molecule has 21 heavy (non-hydrogen) atoms. The lowest BCUT2D eigenvalue weighted by Crippen LogP contribution is -2.32. The van der Waals surface area contributed by atoms with Gasteiger partial charge in [-0.05, 0) is 59.6 Å². The van der Waals surface area contributed by atoms with E-state index in [1.165, 1.54) is 0 Å². The number of ether oxygens (including phenoxy) is 1. The highest BCUT2D eigenvalue weighted by Gasteiger charge is 2.12. The zero-order valence-electron chi connectivity index (χ0n) is 12.1. The molecule has 0 spiro atoms. The fourth-order valence-corrected chi connectivity index (χ4v) is 2.54. The Kier molecular flexibility index (Phi) is 5.44. The highest BCUT2D eigenvalue weighted by atomic mass is 79.9. The fraction of sp³-hybridized carbons (Fsp3) is 0.312. The van der Waals surface area contributed by atoms with Crippen LogP contribution in [-0.4, -0.2) is 19.1 Å². The molecule has 0 radical (unpaired) electrons. The number of halogens is 1. The lowest BCUT2D eigenvalue weighted by molar-refractivity contribution is 0.0938. The van der Waals surface area contributed by atoms with Gasteiger partial charge >= 0.3 is 0 Å². The molecule has 0 saturated carbocycles. The van der Waals surface area contributed by atoms with E-state index in [-0.39, 0.29) is 11.9 Å². The maximum atomic E-state index is 12.2. The first-order valence-electron chi connectivity index (χ1n) is 6.77. The third-order valence-electron chi connectivity index (χ3n) is 3.20. The molecule has 4 nitrogen and oxygen atoms in total. The van der Waals surface area contributed by atoms with Crippen LogP contribution in [0.15, 0.2) is 45.5 Å². The molecule has 112 valence electrons. The second-order valence-electron chi connectivity index (χ2n) is 4.84. The van der Waals surface area contributed by atoms with Gasteiger partial charge < -0.3 is 14.5 Å². The first-order valence-corrected chi connectivity index (χ1v) is 7.56. The topological polar surface area (TPSA) is 51.5 Å². The lowest BCUT2D eigenvalue weighted by Gasteiger charge is -2.14.